The zero-order chi connectivity index (χ0) is 15.2. The van der Waals surface area contributed by atoms with E-state index >= 15 is 0 Å². The van der Waals surface area contributed by atoms with Crippen molar-refractivity contribution in [3.8, 4) is 5.75 Å². The average molecular weight is 306 g/mol. The summed E-state index contributed by atoms with van der Waals surface area (Å²) >= 11 is 5.99. The molecule has 2 rings (SSSR count). The van der Waals surface area contributed by atoms with Crippen molar-refractivity contribution in [2.24, 2.45) is 0 Å². The van der Waals surface area contributed by atoms with E-state index < -0.39 is 5.97 Å². The first kappa shape index (κ1) is 15.4. The van der Waals surface area contributed by atoms with E-state index in [1.54, 1.807) is 37.4 Å². The van der Waals surface area contributed by atoms with Crippen molar-refractivity contribution >= 4 is 17.6 Å². The molecule has 0 aromatic heterocycles. The van der Waals surface area contributed by atoms with Crippen LogP contribution >= 0.6 is 11.6 Å². The van der Waals surface area contributed by atoms with Gasteiger partial charge >= 0.3 is 0 Å². The summed E-state index contributed by atoms with van der Waals surface area (Å²) in [6.45, 7) is 1.47. The quantitative estimate of drug-likeness (QED) is 0.865. The molecule has 21 heavy (non-hydrogen) atoms. The Balaban J connectivity index is 1.95. The van der Waals surface area contributed by atoms with Crippen LogP contribution in [0.15, 0.2) is 42.5 Å². The number of carbonyl (C=O) groups excluding carboxylic acids is 1. The van der Waals surface area contributed by atoms with Crippen molar-refractivity contribution in [2.45, 2.75) is 13.1 Å². The minimum atomic E-state index is -1.16. The van der Waals surface area contributed by atoms with Crippen LogP contribution in [0.4, 0.5) is 0 Å². The number of carboxylic acids is 1. The highest BCUT2D eigenvalue weighted by molar-refractivity contribution is 6.30. The molecular weight excluding hydrogens is 290 g/mol. The molecule has 0 atom stereocenters. The number of quaternary nitrogens is 1. The van der Waals surface area contributed by atoms with E-state index in [1.807, 2.05) is 12.1 Å². The van der Waals surface area contributed by atoms with E-state index in [1.165, 1.54) is 0 Å². The molecule has 0 amide bonds. The van der Waals surface area contributed by atoms with Crippen molar-refractivity contribution in [3.05, 3.63) is 64.2 Å². The van der Waals surface area contributed by atoms with Gasteiger partial charge in [-0.3, -0.25) is 0 Å². The van der Waals surface area contributed by atoms with Gasteiger partial charge in [-0.2, -0.15) is 0 Å². The third kappa shape index (κ3) is 4.21. The van der Waals surface area contributed by atoms with Crippen LogP contribution in [0.3, 0.4) is 0 Å². The van der Waals surface area contributed by atoms with Crippen LogP contribution in [0.25, 0.3) is 0 Å². The molecule has 0 radical (unpaired) electrons. The number of methoxy groups -OCH3 is 1. The summed E-state index contributed by atoms with van der Waals surface area (Å²) < 4.78 is 5.29. The van der Waals surface area contributed by atoms with Crippen LogP contribution in [-0.4, -0.2) is 13.1 Å². The predicted octanol–water partition coefficient (Wildman–Crippen LogP) is 0.976. The number of ether oxygens (including phenoxy) is 1. The largest absolute Gasteiger partial charge is 0.545 e. The first-order valence-electron chi connectivity index (χ1n) is 6.54. The molecule has 0 bridgehead atoms. The summed E-state index contributed by atoms with van der Waals surface area (Å²) in [5.74, 6) is -0.350. The van der Waals surface area contributed by atoms with Gasteiger partial charge in [-0.15, -0.1) is 0 Å². The van der Waals surface area contributed by atoms with Gasteiger partial charge in [-0.05, 0) is 23.8 Å². The van der Waals surface area contributed by atoms with E-state index in [0.717, 1.165) is 30.0 Å². The Morgan fingerprint density at radius 3 is 2.52 bits per heavy atom. The number of hydrogen-bond donors (Lipinski definition) is 1. The smallest absolute Gasteiger partial charge is 0.127 e. The van der Waals surface area contributed by atoms with Crippen LogP contribution in [0, 0.1) is 0 Å². The molecule has 4 nitrogen and oxygen atoms in total. The zero-order valence-electron chi connectivity index (χ0n) is 11.6. The van der Waals surface area contributed by atoms with Crippen molar-refractivity contribution in [2.75, 3.05) is 7.11 Å². The lowest BCUT2D eigenvalue weighted by molar-refractivity contribution is -0.686. The number of benzene rings is 2. The van der Waals surface area contributed by atoms with Gasteiger partial charge in [-0.25, -0.2) is 0 Å². The number of rotatable bonds is 6. The van der Waals surface area contributed by atoms with Gasteiger partial charge in [0.15, 0.2) is 0 Å². The summed E-state index contributed by atoms with van der Waals surface area (Å²) in [6, 6.07) is 12.2. The van der Waals surface area contributed by atoms with Gasteiger partial charge in [0, 0.05) is 16.1 Å². The fourth-order valence-electron chi connectivity index (χ4n) is 2.08. The highest BCUT2D eigenvalue weighted by Gasteiger charge is 2.06. The highest BCUT2D eigenvalue weighted by Crippen LogP contribution is 2.21. The molecule has 110 valence electrons. The average Bonchev–Trinajstić information content (AvgIpc) is 2.48. The number of hydrogen-bond acceptors (Lipinski definition) is 3. The second-order valence-electron chi connectivity index (χ2n) is 4.64. The summed E-state index contributed by atoms with van der Waals surface area (Å²) in [5.41, 5.74) is 2.26. The second kappa shape index (κ2) is 7.11. The van der Waals surface area contributed by atoms with Crippen LogP contribution in [0.5, 0.6) is 5.75 Å². The monoisotopic (exact) mass is 305 g/mol. The Morgan fingerprint density at radius 2 is 1.90 bits per heavy atom. The molecule has 2 aromatic carbocycles. The van der Waals surface area contributed by atoms with Crippen molar-refractivity contribution in [1.82, 2.24) is 0 Å². The maximum absolute atomic E-state index is 10.7. The van der Waals surface area contributed by atoms with Crippen LogP contribution in [0.1, 0.15) is 21.5 Å². The molecule has 0 saturated heterocycles. The van der Waals surface area contributed by atoms with Gasteiger partial charge in [0.1, 0.15) is 18.8 Å². The lowest BCUT2D eigenvalue weighted by Gasteiger charge is -2.08. The topological polar surface area (TPSA) is 66.0 Å². The van der Waals surface area contributed by atoms with E-state index in [0.29, 0.717) is 5.02 Å². The van der Waals surface area contributed by atoms with E-state index in [2.05, 4.69) is 5.32 Å². The molecule has 0 saturated carbocycles. The summed E-state index contributed by atoms with van der Waals surface area (Å²) in [4.78, 5) is 10.7. The molecule has 0 aliphatic carbocycles. The van der Waals surface area contributed by atoms with Gasteiger partial charge in [-0.1, -0.05) is 35.9 Å². The molecular formula is C16H16ClNO3. The standard InChI is InChI=1S/C16H16ClNO3/c1-21-15-7-6-14(17)8-13(15)10-18-9-11-2-4-12(5-3-11)16(19)20/h2-8,18H,9-10H2,1H3,(H,19,20). The van der Waals surface area contributed by atoms with E-state index in [4.69, 9.17) is 16.3 Å². The highest BCUT2D eigenvalue weighted by atomic mass is 35.5. The number of halogens is 1. The van der Waals surface area contributed by atoms with E-state index in [9.17, 15) is 9.90 Å². The first-order valence-corrected chi connectivity index (χ1v) is 6.92. The Hall–Kier alpha value is -2.04. The van der Waals surface area contributed by atoms with Gasteiger partial charge in [0.05, 0.1) is 13.1 Å². The fraction of sp³-hybridized carbons (Fsp3) is 0.188. The Labute approximate surface area is 128 Å². The molecule has 0 aliphatic heterocycles. The number of carboxylic acid groups (broad SMARTS) is 1. The van der Waals surface area contributed by atoms with Gasteiger partial charge < -0.3 is 20.0 Å². The molecule has 0 heterocycles. The van der Waals surface area contributed by atoms with Crippen LogP contribution in [-0.2, 0) is 13.1 Å². The number of aromatic carboxylic acids is 1. The summed E-state index contributed by atoms with van der Waals surface area (Å²) in [6.07, 6.45) is 0. The number of carbonyl (C=O) groups is 1. The molecule has 2 aromatic rings. The van der Waals surface area contributed by atoms with Crippen molar-refractivity contribution in [1.29, 1.82) is 0 Å². The fourth-order valence-corrected chi connectivity index (χ4v) is 2.27. The third-order valence-corrected chi connectivity index (χ3v) is 3.41. The zero-order valence-corrected chi connectivity index (χ0v) is 12.4. The summed E-state index contributed by atoms with van der Waals surface area (Å²) in [7, 11) is 1.63. The normalized spacial score (nSPS) is 10.4. The maximum Gasteiger partial charge on any atom is 0.127 e. The molecule has 0 unspecified atom stereocenters. The van der Waals surface area contributed by atoms with Crippen molar-refractivity contribution < 1.29 is 20.0 Å². The second-order valence-corrected chi connectivity index (χ2v) is 5.07. The molecule has 5 heteroatoms. The predicted molar refractivity (Wildman–Crippen MR) is 78.1 cm³/mol. The molecule has 0 fully saturated rings. The lowest BCUT2D eigenvalue weighted by Crippen LogP contribution is -2.80. The van der Waals surface area contributed by atoms with Gasteiger partial charge in [0.25, 0.3) is 0 Å². The molecule has 0 aliphatic rings. The molecule has 2 N–H and O–H groups in total. The van der Waals surface area contributed by atoms with E-state index in [-0.39, 0.29) is 5.56 Å². The summed E-state index contributed by atoms with van der Waals surface area (Å²) in [5, 5.41) is 13.4. The van der Waals surface area contributed by atoms with Crippen molar-refractivity contribution in [3.63, 3.8) is 0 Å². The minimum Gasteiger partial charge on any atom is -0.545 e. The van der Waals surface area contributed by atoms with Gasteiger partial charge in [0.2, 0.25) is 0 Å². The Morgan fingerprint density at radius 1 is 1.19 bits per heavy atom. The SMILES string of the molecule is COc1ccc(Cl)cc1C[NH2+]Cc1ccc(C(=O)[O-])cc1. The number of nitrogens with two attached hydrogens (primary N) is 1. The Kier molecular flexibility index (Phi) is 5.20. The third-order valence-electron chi connectivity index (χ3n) is 3.18. The maximum atomic E-state index is 10.7. The van der Waals surface area contributed by atoms with Crippen LogP contribution < -0.4 is 15.2 Å². The molecule has 0 spiro atoms. The van der Waals surface area contributed by atoms with Crippen LogP contribution in [0.2, 0.25) is 5.02 Å². The Bertz CT molecular complexity index is 626. The first-order chi connectivity index (χ1) is 10.1. The minimum absolute atomic E-state index is 0.190. The lowest BCUT2D eigenvalue weighted by atomic mass is 10.1.